The van der Waals surface area contributed by atoms with Gasteiger partial charge in [-0.05, 0) is 41.2 Å². The van der Waals surface area contributed by atoms with E-state index < -0.39 is 10.0 Å². The van der Waals surface area contributed by atoms with Crippen LogP contribution in [-0.4, -0.2) is 53.2 Å². The average Bonchev–Trinajstić information content (AvgIpc) is 3.20. The molecule has 1 N–H and O–H groups in total. The number of thiophene rings is 1. The van der Waals surface area contributed by atoms with E-state index in [0.717, 1.165) is 60.9 Å². The Hall–Kier alpha value is -1.00. The summed E-state index contributed by atoms with van der Waals surface area (Å²) in [6, 6.07) is 5.33. The number of rotatable bonds is 4. The Labute approximate surface area is 176 Å². The normalized spacial score (nSPS) is 17.7. The summed E-state index contributed by atoms with van der Waals surface area (Å²) in [5, 5.41) is 0. The van der Waals surface area contributed by atoms with Crippen molar-refractivity contribution in [2.45, 2.75) is 10.6 Å². The van der Waals surface area contributed by atoms with Gasteiger partial charge in [0.1, 0.15) is 5.75 Å². The molecule has 1 saturated heterocycles. The number of halogens is 2. The molecule has 3 heterocycles. The highest BCUT2D eigenvalue weighted by molar-refractivity contribution is 9.10. The summed E-state index contributed by atoms with van der Waals surface area (Å²) in [6.45, 7) is 4.32. The third-order valence-electron chi connectivity index (χ3n) is 4.73. The first-order valence-corrected chi connectivity index (χ1v) is 12.0. The minimum atomic E-state index is -3.73. The summed E-state index contributed by atoms with van der Waals surface area (Å²) in [6.07, 6.45) is 0.778. The zero-order valence-corrected chi connectivity index (χ0v) is 18.6. The Morgan fingerprint density at radius 1 is 1.22 bits per heavy atom. The number of sulfonamides is 1. The largest absolute Gasteiger partial charge is 0.491 e. The summed E-state index contributed by atoms with van der Waals surface area (Å²) in [5.41, 5.74) is 2.54. The molecule has 0 saturated carbocycles. The quantitative estimate of drug-likeness (QED) is 0.706. The molecule has 6 nitrogen and oxygen atoms in total. The monoisotopic (exact) mass is 491 g/mol. The second-order valence-electron chi connectivity index (χ2n) is 6.66. The van der Waals surface area contributed by atoms with Crippen LogP contribution in [0.15, 0.2) is 26.9 Å². The maximum Gasteiger partial charge on any atom is 0.272 e. The molecule has 0 unspecified atom stereocenters. The van der Waals surface area contributed by atoms with E-state index in [9.17, 15) is 8.42 Å². The molecule has 0 aliphatic carbocycles. The van der Waals surface area contributed by atoms with Gasteiger partial charge in [0.2, 0.25) is 0 Å². The minimum Gasteiger partial charge on any atom is -0.491 e. The predicted molar refractivity (Wildman–Crippen MR) is 113 cm³/mol. The Balaban J connectivity index is 1.68. The van der Waals surface area contributed by atoms with Gasteiger partial charge in [-0.15, -0.1) is 11.3 Å². The molecule has 2 aliphatic rings. The summed E-state index contributed by atoms with van der Waals surface area (Å²) >= 11 is 10.3. The van der Waals surface area contributed by atoms with E-state index in [2.05, 4.69) is 37.5 Å². The van der Waals surface area contributed by atoms with Crippen LogP contribution in [0.1, 0.15) is 5.56 Å². The van der Waals surface area contributed by atoms with Crippen molar-refractivity contribution < 1.29 is 13.2 Å². The first-order valence-electron chi connectivity index (χ1n) is 8.54. The van der Waals surface area contributed by atoms with Crippen LogP contribution in [0.3, 0.4) is 0 Å². The number of ether oxygens (including phenoxy) is 1. The van der Waals surface area contributed by atoms with Gasteiger partial charge in [0.05, 0.1) is 26.8 Å². The van der Waals surface area contributed by atoms with Crippen molar-refractivity contribution in [1.29, 1.82) is 0 Å². The second kappa shape index (κ2) is 7.44. The number of benzene rings is 1. The Kier molecular flexibility index (Phi) is 5.32. The molecule has 146 valence electrons. The lowest BCUT2D eigenvalue weighted by molar-refractivity contribution is 0.309. The molecular weight excluding hydrogens is 474 g/mol. The number of hydrogen-bond acceptors (Lipinski definition) is 6. The molecule has 2 aliphatic heterocycles. The topological polar surface area (TPSA) is 61.9 Å². The number of nitrogens with one attached hydrogen (secondary N) is 1. The van der Waals surface area contributed by atoms with Gasteiger partial charge in [-0.1, -0.05) is 11.6 Å². The fourth-order valence-corrected chi connectivity index (χ4v) is 7.39. The van der Waals surface area contributed by atoms with Gasteiger partial charge in [0.15, 0.2) is 4.21 Å². The SMILES string of the molecule is CN1CCN(c2cc(NS(=O)(=O)c3sc(Cl)cc3Br)cc3c2OCC3)CC1. The maximum absolute atomic E-state index is 12.8. The highest BCUT2D eigenvalue weighted by atomic mass is 79.9. The minimum absolute atomic E-state index is 0.172. The Bertz CT molecular complexity index is 972. The lowest BCUT2D eigenvalue weighted by Crippen LogP contribution is -2.44. The van der Waals surface area contributed by atoms with E-state index >= 15 is 0 Å². The molecule has 27 heavy (non-hydrogen) atoms. The van der Waals surface area contributed by atoms with Crippen LogP contribution in [0, 0.1) is 0 Å². The molecule has 0 spiro atoms. The first kappa shape index (κ1) is 19.3. The second-order valence-corrected chi connectivity index (χ2v) is 11.1. The van der Waals surface area contributed by atoms with E-state index in [-0.39, 0.29) is 4.21 Å². The molecule has 0 bridgehead atoms. The lowest BCUT2D eigenvalue weighted by atomic mass is 10.1. The van der Waals surface area contributed by atoms with Gasteiger partial charge in [0.25, 0.3) is 10.0 Å². The van der Waals surface area contributed by atoms with Gasteiger partial charge in [-0.25, -0.2) is 8.42 Å². The van der Waals surface area contributed by atoms with Gasteiger partial charge in [-0.2, -0.15) is 0 Å². The van der Waals surface area contributed by atoms with Gasteiger partial charge in [-0.3, -0.25) is 4.72 Å². The van der Waals surface area contributed by atoms with E-state index in [0.29, 0.717) is 21.1 Å². The summed E-state index contributed by atoms with van der Waals surface area (Å²) < 4.78 is 35.3. The summed E-state index contributed by atoms with van der Waals surface area (Å²) in [7, 11) is -1.62. The maximum atomic E-state index is 12.8. The van der Waals surface area contributed by atoms with Gasteiger partial charge >= 0.3 is 0 Å². The fourth-order valence-electron chi connectivity index (χ4n) is 3.34. The van der Waals surface area contributed by atoms with Crippen LogP contribution in [-0.2, 0) is 16.4 Å². The number of fused-ring (bicyclic) bond motifs is 1. The van der Waals surface area contributed by atoms with Crippen LogP contribution in [0.25, 0.3) is 0 Å². The molecule has 0 radical (unpaired) electrons. The molecule has 0 atom stereocenters. The van der Waals surface area contributed by atoms with E-state index in [4.69, 9.17) is 16.3 Å². The average molecular weight is 493 g/mol. The van der Waals surface area contributed by atoms with Crippen LogP contribution in [0.2, 0.25) is 4.34 Å². The number of hydrogen-bond donors (Lipinski definition) is 1. The summed E-state index contributed by atoms with van der Waals surface area (Å²) in [4.78, 5) is 4.54. The van der Waals surface area contributed by atoms with Crippen LogP contribution in [0.4, 0.5) is 11.4 Å². The van der Waals surface area contributed by atoms with Crippen molar-refractivity contribution in [2.24, 2.45) is 0 Å². The van der Waals surface area contributed by atoms with Crippen molar-refractivity contribution in [3.63, 3.8) is 0 Å². The van der Waals surface area contributed by atoms with E-state index in [1.807, 2.05) is 12.1 Å². The molecule has 2 aromatic rings. The van der Waals surface area contributed by atoms with Crippen LogP contribution >= 0.6 is 38.9 Å². The standard InChI is InChI=1S/C17H19BrClN3O3S2/c1-21-3-5-22(6-4-21)14-9-12(8-11-2-7-25-16(11)14)20-27(23,24)17-13(18)10-15(19)26-17/h8-10,20H,2-7H2,1H3. The highest BCUT2D eigenvalue weighted by Crippen LogP contribution is 2.41. The van der Waals surface area contributed by atoms with Gasteiger partial charge < -0.3 is 14.5 Å². The Morgan fingerprint density at radius 2 is 1.96 bits per heavy atom. The molecule has 4 rings (SSSR count). The molecule has 1 aromatic carbocycles. The molecule has 1 aromatic heterocycles. The zero-order chi connectivity index (χ0) is 19.2. The molecule has 0 amide bonds. The predicted octanol–water partition coefficient (Wildman–Crippen LogP) is 3.65. The van der Waals surface area contributed by atoms with Crippen molar-refractivity contribution in [3.8, 4) is 5.75 Å². The van der Waals surface area contributed by atoms with Crippen LogP contribution < -0.4 is 14.4 Å². The van der Waals surface area contributed by atoms with Crippen molar-refractivity contribution in [2.75, 3.05) is 49.5 Å². The van der Waals surface area contributed by atoms with Gasteiger partial charge in [0, 0.05) is 38.2 Å². The fraction of sp³-hybridized carbons (Fsp3) is 0.412. The molecule has 10 heteroatoms. The van der Waals surface area contributed by atoms with Crippen molar-refractivity contribution in [3.05, 3.63) is 32.6 Å². The Morgan fingerprint density at radius 3 is 2.63 bits per heavy atom. The molecular formula is C17H19BrClN3O3S2. The number of piperazine rings is 1. The summed E-state index contributed by atoms with van der Waals surface area (Å²) in [5.74, 6) is 0.878. The van der Waals surface area contributed by atoms with E-state index in [1.54, 1.807) is 6.07 Å². The third-order valence-corrected chi connectivity index (χ3v) is 9.06. The number of likely N-dealkylation sites (N-methyl/N-ethyl adjacent to an activating group) is 1. The number of anilines is 2. The molecule has 1 fully saturated rings. The van der Waals surface area contributed by atoms with Crippen molar-refractivity contribution in [1.82, 2.24) is 4.90 Å². The van der Waals surface area contributed by atoms with Crippen LogP contribution in [0.5, 0.6) is 5.75 Å². The third kappa shape index (κ3) is 3.93. The highest BCUT2D eigenvalue weighted by Gasteiger charge is 2.26. The van der Waals surface area contributed by atoms with Crippen molar-refractivity contribution >= 4 is 60.3 Å². The zero-order valence-electron chi connectivity index (χ0n) is 14.7. The first-order chi connectivity index (χ1) is 12.8. The van der Waals surface area contributed by atoms with E-state index in [1.165, 1.54) is 0 Å². The smallest absolute Gasteiger partial charge is 0.272 e. The lowest BCUT2D eigenvalue weighted by Gasteiger charge is -2.35. The number of nitrogens with zero attached hydrogens (tertiary/aromatic N) is 2.